The van der Waals surface area contributed by atoms with E-state index in [0.717, 1.165) is 20.1 Å². The van der Waals surface area contributed by atoms with Crippen LogP contribution in [0.25, 0.3) is 10.2 Å². The fraction of sp³-hybridized carbons (Fsp3) is 0.263. The van der Waals surface area contributed by atoms with Gasteiger partial charge in [-0.05, 0) is 43.9 Å². The van der Waals surface area contributed by atoms with E-state index in [1.54, 1.807) is 17.4 Å². The van der Waals surface area contributed by atoms with Gasteiger partial charge in [0.15, 0.2) is 4.34 Å². The molecule has 1 heterocycles. The van der Waals surface area contributed by atoms with Crippen LogP contribution in [0.4, 0.5) is 4.39 Å². The molecular formula is C19H20FN3OS2. The van der Waals surface area contributed by atoms with E-state index in [2.05, 4.69) is 10.3 Å². The molecule has 0 aliphatic carbocycles. The minimum atomic E-state index is -0.271. The van der Waals surface area contributed by atoms with Gasteiger partial charge in [0, 0.05) is 6.54 Å². The van der Waals surface area contributed by atoms with Gasteiger partial charge in [0.2, 0.25) is 5.91 Å². The second-order valence-corrected chi connectivity index (χ2v) is 8.33. The molecule has 0 bridgehead atoms. The average molecular weight is 390 g/mol. The van der Waals surface area contributed by atoms with Crippen LogP contribution >= 0.6 is 23.1 Å². The van der Waals surface area contributed by atoms with Crippen LogP contribution < -0.4 is 5.32 Å². The number of para-hydroxylation sites is 1. The normalized spacial score (nSPS) is 12.5. The zero-order valence-corrected chi connectivity index (χ0v) is 16.2. The van der Waals surface area contributed by atoms with E-state index in [4.69, 9.17) is 0 Å². The molecule has 0 radical (unpaired) electrons. The average Bonchev–Trinajstić information content (AvgIpc) is 3.03. The minimum Gasteiger partial charge on any atom is -0.353 e. The Balaban J connectivity index is 1.55. The van der Waals surface area contributed by atoms with Crippen LogP contribution in [0.2, 0.25) is 0 Å². The number of aromatic nitrogens is 1. The zero-order valence-electron chi connectivity index (χ0n) is 14.6. The first kappa shape index (κ1) is 18.8. The number of thioether (sulfide) groups is 1. The first-order chi connectivity index (χ1) is 12.5. The number of likely N-dealkylation sites (N-methyl/N-ethyl adjacent to an activating group) is 1. The molecule has 3 aromatic rings. The quantitative estimate of drug-likeness (QED) is 0.622. The summed E-state index contributed by atoms with van der Waals surface area (Å²) in [7, 11) is 3.83. The summed E-state index contributed by atoms with van der Waals surface area (Å²) in [5.41, 5.74) is 1.80. The van der Waals surface area contributed by atoms with Gasteiger partial charge >= 0.3 is 0 Å². The van der Waals surface area contributed by atoms with Gasteiger partial charge in [-0.15, -0.1) is 11.3 Å². The molecule has 1 N–H and O–H groups in total. The van der Waals surface area contributed by atoms with E-state index < -0.39 is 0 Å². The molecule has 0 saturated heterocycles. The van der Waals surface area contributed by atoms with Crippen LogP contribution in [0.15, 0.2) is 52.9 Å². The number of benzene rings is 2. The topological polar surface area (TPSA) is 45.2 Å². The van der Waals surface area contributed by atoms with Crippen molar-refractivity contribution < 1.29 is 9.18 Å². The molecule has 3 rings (SSSR count). The predicted molar refractivity (Wildman–Crippen MR) is 106 cm³/mol. The van der Waals surface area contributed by atoms with Gasteiger partial charge in [0.25, 0.3) is 0 Å². The predicted octanol–water partition coefficient (Wildman–Crippen LogP) is 3.95. The second-order valence-electron chi connectivity index (χ2n) is 6.07. The van der Waals surface area contributed by atoms with Crippen molar-refractivity contribution in [2.24, 2.45) is 0 Å². The highest BCUT2D eigenvalue weighted by Gasteiger charge is 2.16. The lowest BCUT2D eigenvalue weighted by atomic mass is 10.1. The second kappa shape index (κ2) is 8.62. The van der Waals surface area contributed by atoms with Crippen molar-refractivity contribution in [3.8, 4) is 0 Å². The molecule has 0 fully saturated rings. The summed E-state index contributed by atoms with van der Waals surface area (Å²) in [6.45, 7) is 0.426. The lowest BCUT2D eigenvalue weighted by molar-refractivity contribution is -0.118. The fourth-order valence-electron chi connectivity index (χ4n) is 2.61. The molecule has 1 atom stereocenters. The Bertz CT molecular complexity index is 864. The first-order valence-corrected chi connectivity index (χ1v) is 10.00. The number of hydrogen-bond donors (Lipinski definition) is 1. The Morgan fingerprint density at radius 3 is 2.81 bits per heavy atom. The number of halogens is 1. The number of carbonyl (C=O) groups excluding carboxylic acids is 1. The first-order valence-electron chi connectivity index (χ1n) is 8.20. The van der Waals surface area contributed by atoms with E-state index in [-0.39, 0.29) is 17.8 Å². The highest BCUT2D eigenvalue weighted by Crippen LogP contribution is 2.29. The van der Waals surface area contributed by atoms with Crippen LogP contribution in [0.1, 0.15) is 11.6 Å². The maximum atomic E-state index is 13.5. The van der Waals surface area contributed by atoms with Crippen LogP contribution in [0.3, 0.4) is 0 Å². The Labute approximate surface area is 160 Å². The van der Waals surface area contributed by atoms with Crippen LogP contribution in [0.5, 0.6) is 0 Å². The SMILES string of the molecule is CN(C)C(CNC(=O)CSc1nc2ccccc2s1)c1cccc(F)c1. The number of thiazole rings is 1. The maximum absolute atomic E-state index is 13.5. The number of rotatable bonds is 7. The fourth-order valence-corrected chi connectivity index (χ4v) is 4.51. The molecular weight excluding hydrogens is 369 g/mol. The molecule has 2 aromatic carbocycles. The number of carbonyl (C=O) groups is 1. The standard InChI is InChI=1S/C19H20FN3OS2/c1-23(2)16(13-6-5-7-14(20)10-13)11-21-18(24)12-25-19-22-15-8-3-4-9-17(15)26-19/h3-10,16H,11-12H2,1-2H3,(H,21,24). The van der Waals surface area contributed by atoms with Crippen molar-refractivity contribution in [3.05, 3.63) is 59.9 Å². The molecule has 1 aromatic heterocycles. The van der Waals surface area contributed by atoms with Gasteiger partial charge in [-0.2, -0.15) is 0 Å². The Hall–Kier alpha value is -1.96. The summed E-state index contributed by atoms with van der Waals surface area (Å²) in [5, 5.41) is 2.94. The molecule has 0 aliphatic heterocycles. The third kappa shape index (κ3) is 4.81. The van der Waals surface area contributed by atoms with Crippen molar-refractivity contribution in [1.82, 2.24) is 15.2 Å². The third-order valence-corrected chi connectivity index (χ3v) is 6.13. The van der Waals surface area contributed by atoms with Crippen molar-refractivity contribution in [2.45, 2.75) is 10.4 Å². The minimum absolute atomic E-state index is 0.0579. The molecule has 4 nitrogen and oxygen atoms in total. The van der Waals surface area contributed by atoms with Crippen molar-refractivity contribution >= 4 is 39.2 Å². The largest absolute Gasteiger partial charge is 0.353 e. The Kier molecular flexibility index (Phi) is 6.24. The number of fused-ring (bicyclic) bond motifs is 1. The summed E-state index contributed by atoms with van der Waals surface area (Å²) < 4.78 is 15.5. The summed E-state index contributed by atoms with van der Waals surface area (Å²) >= 11 is 3.02. The van der Waals surface area contributed by atoms with E-state index in [1.165, 1.54) is 23.9 Å². The lowest BCUT2D eigenvalue weighted by Crippen LogP contribution is -2.35. The number of amides is 1. The third-order valence-electron chi connectivity index (χ3n) is 3.95. The van der Waals surface area contributed by atoms with Gasteiger partial charge in [-0.1, -0.05) is 36.0 Å². The van der Waals surface area contributed by atoms with E-state index in [9.17, 15) is 9.18 Å². The number of nitrogens with one attached hydrogen (secondary N) is 1. The van der Waals surface area contributed by atoms with Gasteiger partial charge in [0.05, 0.1) is 22.0 Å². The highest BCUT2D eigenvalue weighted by molar-refractivity contribution is 8.01. The number of hydrogen-bond acceptors (Lipinski definition) is 5. The van der Waals surface area contributed by atoms with E-state index in [1.807, 2.05) is 49.3 Å². The Morgan fingerprint density at radius 1 is 1.27 bits per heavy atom. The number of nitrogens with zero attached hydrogens (tertiary/aromatic N) is 2. The van der Waals surface area contributed by atoms with Crippen molar-refractivity contribution in [2.75, 3.05) is 26.4 Å². The van der Waals surface area contributed by atoms with E-state index >= 15 is 0 Å². The summed E-state index contributed by atoms with van der Waals surface area (Å²) in [5.74, 6) is -0.0204. The smallest absolute Gasteiger partial charge is 0.230 e. The monoisotopic (exact) mass is 389 g/mol. The molecule has 0 aliphatic rings. The summed E-state index contributed by atoms with van der Waals surface area (Å²) in [4.78, 5) is 18.7. The Morgan fingerprint density at radius 2 is 2.08 bits per heavy atom. The molecule has 0 spiro atoms. The van der Waals surface area contributed by atoms with Crippen molar-refractivity contribution in [1.29, 1.82) is 0 Å². The maximum Gasteiger partial charge on any atom is 0.230 e. The highest BCUT2D eigenvalue weighted by atomic mass is 32.2. The zero-order chi connectivity index (χ0) is 18.5. The van der Waals surface area contributed by atoms with Gasteiger partial charge in [0.1, 0.15) is 5.82 Å². The molecule has 7 heteroatoms. The van der Waals surface area contributed by atoms with Crippen LogP contribution in [-0.2, 0) is 4.79 Å². The lowest BCUT2D eigenvalue weighted by Gasteiger charge is -2.25. The molecule has 1 unspecified atom stereocenters. The molecule has 26 heavy (non-hydrogen) atoms. The summed E-state index contributed by atoms with van der Waals surface area (Å²) in [6, 6.07) is 14.3. The van der Waals surface area contributed by atoms with Crippen LogP contribution in [0, 0.1) is 5.82 Å². The van der Waals surface area contributed by atoms with E-state index in [0.29, 0.717) is 12.3 Å². The molecule has 0 saturated carbocycles. The molecule has 136 valence electrons. The van der Waals surface area contributed by atoms with Gasteiger partial charge in [-0.3, -0.25) is 4.79 Å². The summed E-state index contributed by atoms with van der Waals surface area (Å²) in [6.07, 6.45) is 0. The van der Waals surface area contributed by atoms with Gasteiger partial charge < -0.3 is 10.2 Å². The van der Waals surface area contributed by atoms with Crippen LogP contribution in [-0.4, -0.2) is 42.2 Å². The van der Waals surface area contributed by atoms with Crippen molar-refractivity contribution in [3.63, 3.8) is 0 Å². The van der Waals surface area contributed by atoms with Gasteiger partial charge in [-0.25, -0.2) is 9.37 Å². The molecule has 1 amide bonds.